The number of morpholine rings is 1. The van der Waals surface area contributed by atoms with Gasteiger partial charge >= 0.3 is 0 Å². The molecule has 1 N–H and O–H groups in total. The molecule has 5 nitrogen and oxygen atoms in total. The minimum atomic E-state index is -0.151. The number of hydrogen-bond acceptors (Lipinski definition) is 4. The fourth-order valence-electron chi connectivity index (χ4n) is 3.31. The van der Waals surface area contributed by atoms with Crippen molar-refractivity contribution < 1.29 is 14.3 Å². The number of hydrogen-bond donors (Lipinski definition) is 1. The highest BCUT2D eigenvalue weighted by molar-refractivity contribution is 5.84. The highest BCUT2D eigenvalue weighted by Gasteiger charge is 2.30. The van der Waals surface area contributed by atoms with Crippen molar-refractivity contribution in [3.05, 3.63) is 35.9 Å². The Morgan fingerprint density at radius 2 is 2.00 bits per heavy atom. The third-order valence-corrected chi connectivity index (χ3v) is 4.78. The van der Waals surface area contributed by atoms with Crippen molar-refractivity contribution in [2.24, 2.45) is 0 Å². The standard InChI is InChI=1S/C18H26N2O3/c1-14-17(7-10-23-14)19-13-16(15-5-3-2-4-6-15)18(21)20-8-11-22-12-9-20/h2-6,14,16-17,19H,7-13H2,1H3/t14-,16+,17-/m0/s1. The van der Waals surface area contributed by atoms with E-state index in [1.807, 2.05) is 35.2 Å². The Labute approximate surface area is 137 Å². The van der Waals surface area contributed by atoms with E-state index in [1.165, 1.54) is 0 Å². The van der Waals surface area contributed by atoms with Gasteiger partial charge in [0.2, 0.25) is 5.91 Å². The molecule has 0 bridgehead atoms. The summed E-state index contributed by atoms with van der Waals surface area (Å²) in [4.78, 5) is 14.9. The molecule has 5 heteroatoms. The van der Waals surface area contributed by atoms with Gasteiger partial charge in [0.25, 0.3) is 0 Å². The second-order valence-corrected chi connectivity index (χ2v) is 6.28. The van der Waals surface area contributed by atoms with E-state index in [4.69, 9.17) is 9.47 Å². The molecule has 0 radical (unpaired) electrons. The quantitative estimate of drug-likeness (QED) is 0.891. The van der Waals surface area contributed by atoms with Crippen LogP contribution in [-0.2, 0) is 14.3 Å². The zero-order valence-corrected chi connectivity index (χ0v) is 13.7. The zero-order chi connectivity index (χ0) is 16.1. The lowest BCUT2D eigenvalue weighted by atomic mass is 9.96. The molecule has 1 amide bonds. The monoisotopic (exact) mass is 318 g/mol. The number of benzene rings is 1. The summed E-state index contributed by atoms with van der Waals surface area (Å²) >= 11 is 0. The van der Waals surface area contributed by atoms with Gasteiger partial charge in [-0.15, -0.1) is 0 Å². The van der Waals surface area contributed by atoms with Gasteiger partial charge in [0.05, 0.1) is 25.2 Å². The first kappa shape index (κ1) is 16.4. The second-order valence-electron chi connectivity index (χ2n) is 6.28. The van der Waals surface area contributed by atoms with Gasteiger partial charge in [-0.25, -0.2) is 0 Å². The minimum absolute atomic E-state index is 0.151. The van der Waals surface area contributed by atoms with E-state index in [0.29, 0.717) is 38.9 Å². The summed E-state index contributed by atoms with van der Waals surface area (Å²) in [5.74, 6) is 0.0423. The lowest BCUT2D eigenvalue weighted by molar-refractivity contribution is -0.136. The molecule has 2 aliphatic heterocycles. The molecule has 2 saturated heterocycles. The Morgan fingerprint density at radius 3 is 2.65 bits per heavy atom. The lowest BCUT2D eigenvalue weighted by Crippen LogP contribution is -2.46. The number of nitrogens with one attached hydrogen (secondary N) is 1. The minimum Gasteiger partial charge on any atom is -0.378 e. The van der Waals surface area contributed by atoms with Crippen molar-refractivity contribution in [2.45, 2.75) is 31.4 Å². The average molecular weight is 318 g/mol. The van der Waals surface area contributed by atoms with Gasteiger partial charge in [0, 0.05) is 32.3 Å². The van der Waals surface area contributed by atoms with Crippen LogP contribution in [0, 0.1) is 0 Å². The van der Waals surface area contributed by atoms with Crippen molar-refractivity contribution in [3.8, 4) is 0 Å². The number of carbonyl (C=O) groups is 1. The van der Waals surface area contributed by atoms with Gasteiger partial charge in [0.1, 0.15) is 0 Å². The highest BCUT2D eigenvalue weighted by Crippen LogP contribution is 2.20. The summed E-state index contributed by atoms with van der Waals surface area (Å²) in [6.07, 6.45) is 1.22. The van der Waals surface area contributed by atoms with E-state index < -0.39 is 0 Å². The predicted molar refractivity (Wildman–Crippen MR) is 88.4 cm³/mol. The SMILES string of the molecule is C[C@@H]1OCC[C@@H]1NC[C@@H](C(=O)N1CCOCC1)c1ccccc1. The average Bonchev–Trinajstić information content (AvgIpc) is 3.02. The number of carbonyl (C=O) groups excluding carboxylic acids is 1. The summed E-state index contributed by atoms with van der Waals surface area (Å²) in [6, 6.07) is 10.4. The van der Waals surface area contributed by atoms with Gasteiger partial charge in [-0.05, 0) is 18.9 Å². The molecule has 2 heterocycles. The van der Waals surface area contributed by atoms with Crippen molar-refractivity contribution in [3.63, 3.8) is 0 Å². The number of amides is 1. The third kappa shape index (κ3) is 4.10. The summed E-state index contributed by atoms with van der Waals surface area (Å²) in [6.45, 7) is 6.18. The largest absolute Gasteiger partial charge is 0.378 e. The Bertz CT molecular complexity index is 502. The van der Waals surface area contributed by atoms with Crippen molar-refractivity contribution in [2.75, 3.05) is 39.5 Å². The molecule has 3 rings (SSSR count). The summed E-state index contributed by atoms with van der Waals surface area (Å²) in [5.41, 5.74) is 1.07. The zero-order valence-electron chi connectivity index (χ0n) is 13.7. The number of rotatable bonds is 5. The van der Waals surface area contributed by atoms with Crippen LogP contribution in [0.3, 0.4) is 0 Å². The Hall–Kier alpha value is -1.43. The summed E-state index contributed by atoms with van der Waals surface area (Å²) < 4.78 is 11.0. The first-order valence-corrected chi connectivity index (χ1v) is 8.52. The fraction of sp³-hybridized carbons (Fsp3) is 0.611. The molecule has 23 heavy (non-hydrogen) atoms. The van der Waals surface area contributed by atoms with Crippen LogP contribution in [0.2, 0.25) is 0 Å². The van der Waals surface area contributed by atoms with E-state index in [0.717, 1.165) is 18.6 Å². The molecule has 0 aliphatic carbocycles. The van der Waals surface area contributed by atoms with E-state index in [1.54, 1.807) is 0 Å². The Morgan fingerprint density at radius 1 is 1.26 bits per heavy atom. The number of nitrogens with zero attached hydrogens (tertiary/aromatic N) is 1. The van der Waals surface area contributed by atoms with Gasteiger partial charge in [-0.2, -0.15) is 0 Å². The van der Waals surface area contributed by atoms with E-state index in [2.05, 4.69) is 12.2 Å². The van der Waals surface area contributed by atoms with Crippen LogP contribution < -0.4 is 5.32 Å². The molecule has 2 fully saturated rings. The van der Waals surface area contributed by atoms with E-state index in [-0.39, 0.29) is 17.9 Å². The molecule has 2 aliphatic rings. The van der Waals surface area contributed by atoms with Gasteiger partial charge in [-0.1, -0.05) is 30.3 Å². The van der Waals surface area contributed by atoms with E-state index in [9.17, 15) is 4.79 Å². The summed E-state index contributed by atoms with van der Waals surface area (Å²) in [7, 11) is 0. The highest BCUT2D eigenvalue weighted by atomic mass is 16.5. The van der Waals surface area contributed by atoms with Crippen LogP contribution in [0.1, 0.15) is 24.8 Å². The molecule has 3 atom stereocenters. The molecule has 0 saturated carbocycles. The van der Waals surface area contributed by atoms with Crippen molar-refractivity contribution in [1.29, 1.82) is 0 Å². The molecule has 0 spiro atoms. The fourth-order valence-corrected chi connectivity index (χ4v) is 3.31. The van der Waals surface area contributed by atoms with Crippen LogP contribution >= 0.6 is 0 Å². The molecule has 0 unspecified atom stereocenters. The number of ether oxygens (including phenoxy) is 2. The van der Waals surface area contributed by atoms with Gasteiger partial charge in [-0.3, -0.25) is 4.79 Å². The van der Waals surface area contributed by atoms with Crippen molar-refractivity contribution in [1.82, 2.24) is 10.2 Å². The van der Waals surface area contributed by atoms with Crippen LogP contribution in [0.25, 0.3) is 0 Å². The van der Waals surface area contributed by atoms with Crippen LogP contribution in [0.5, 0.6) is 0 Å². The smallest absolute Gasteiger partial charge is 0.231 e. The molecule has 126 valence electrons. The Kier molecular flexibility index (Phi) is 5.65. The normalized spacial score (nSPS) is 26.2. The topological polar surface area (TPSA) is 50.8 Å². The van der Waals surface area contributed by atoms with Crippen LogP contribution in [0.15, 0.2) is 30.3 Å². The van der Waals surface area contributed by atoms with Gasteiger partial charge < -0.3 is 19.7 Å². The predicted octanol–water partition coefficient (Wildman–Crippen LogP) is 1.40. The molecular formula is C18H26N2O3. The van der Waals surface area contributed by atoms with Crippen molar-refractivity contribution >= 4 is 5.91 Å². The molecule has 1 aromatic carbocycles. The first-order valence-electron chi connectivity index (χ1n) is 8.52. The maximum atomic E-state index is 13.0. The maximum Gasteiger partial charge on any atom is 0.231 e. The lowest BCUT2D eigenvalue weighted by Gasteiger charge is -2.31. The van der Waals surface area contributed by atoms with Gasteiger partial charge in [0.15, 0.2) is 0 Å². The maximum absolute atomic E-state index is 13.0. The molecular weight excluding hydrogens is 292 g/mol. The van der Waals surface area contributed by atoms with E-state index >= 15 is 0 Å². The summed E-state index contributed by atoms with van der Waals surface area (Å²) in [5, 5.41) is 3.55. The second kappa shape index (κ2) is 7.90. The first-order chi connectivity index (χ1) is 11.3. The van der Waals surface area contributed by atoms with Crippen LogP contribution in [0.4, 0.5) is 0 Å². The Balaban J connectivity index is 1.69. The molecule has 1 aromatic rings. The third-order valence-electron chi connectivity index (χ3n) is 4.78. The molecule has 0 aromatic heterocycles. The van der Waals surface area contributed by atoms with Crippen LogP contribution in [-0.4, -0.2) is 62.4 Å².